The molecule has 2 aliphatic carbocycles. The lowest BCUT2D eigenvalue weighted by Crippen LogP contribution is -2.55. The third kappa shape index (κ3) is 7.25. The summed E-state index contributed by atoms with van der Waals surface area (Å²) in [6.07, 6.45) is 0. The van der Waals surface area contributed by atoms with E-state index in [-0.39, 0.29) is 24.3 Å². The Morgan fingerprint density at radius 1 is 0.301 bits per heavy atom. The van der Waals surface area contributed by atoms with Crippen LogP contribution in [0.4, 0.5) is 17.1 Å². The fourth-order valence-electron chi connectivity index (χ4n) is 15.7. The van der Waals surface area contributed by atoms with Gasteiger partial charge in [0.25, 0.3) is 0 Å². The van der Waals surface area contributed by atoms with Crippen LogP contribution in [0.15, 0.2) is 285 Å². The lowest BCUT2D eigenvalue weighted by molar-refractivity contribution is 0.434. The molecule has 16 rings (SSSR count). The summed E-state index contributed by atoms with van der Waals surface area (Å²) in [5.41, 5.74) is 27.5. The second-order valence-corrected chi connectivity index (χ2v) is 24.2. The van der Waals surface area contributed by atoms with Crippen LogP contribution in [0.25, 0.3) is 33.4 Å². The maximum atomic E-state index is 7.48. The summed E-state index contributed by atoms with van der Waals surface area (Å²) in [7, 11) is 0. The fourth-order valence-corrected chi connectivity index (χ4v) is 15.7. The SMILES string of the molecule is CC1(C)c2ccccc2-c2cccc(B(c3ccccc3)c3ccc4c(c3)C3(c5cc(B(c6ccccc6)c6cccc7c6C(C)(C)c6ccccc6-7)ccc5O4)c4ccccc4N(c4ccc(-c5ccccc5)cc4)c4ccccc43)c21. The zero-order valence-electron chi connectivity index (χ0n) is 47.1. The first-order valence-electron chi connectivity index (χ1n) is 29.4. The normalized spacial score (nSPS) is 14.6. The van der Waals surface area contributed by atoms with E-state index in [2.05, 4.69) is 318 Å². The molecule has 0 aromatic heterocycles. The second kappa shape index (κ2) is 18.7. The molecule has 0 unspecified atom stereocenters. The van der Waals surface area contributed by atoms with Crippen LogP contribution in [-0.4, -0.2) is 13.4 Å². The molecule has 0 saturated carbocycles. The van der Waals surface area contributed by atoms with Crippen LogP contribution < -0.4 is 42.4 Å². The van der Waals surface area contributed by atoms with Crippen LogP contribution in [-0.2, 0) is 16.2 Å². The molecule has 12 aromatic carbocycles. The van der Waals surface area contributed by atoms with Gasteiger partial charge in [-0.25, -0.2) is 0 Å². The summed E-state index contributed by atoms with van der Waals surface area (Å²) in [5.74, 6) is 1.72. The zero-order valence-corrected chi connectivity index (χ0v) is 47.1. The van der Waals surface area contributed by atoms with Crippen LogP contribution >= 0.6 is 0 Å². The van der Waals surface area contributed by atoms with Gasteiger partial charge in [-0.1, -0.05) is 309 Å². The van der Waals surface area contributed by atoms with Gasteiger partial charge in [0, 0.05) is 27.6 Å². The van der Waals surface area contributed by atoms with Gasteiger partial charge in [0.05, 0.1) is 16.8 Å². The number of benzene rings is 12. The van der Waals surface area contributed by atoms with Gasteiger partial charge >= 0.3 is 0 Å². The second-order valence-electron chi connectivity index (χ2n) is 24.2. The summed E-state index contributed by atoms with van der Waals surface area (Å²) in [4.78, 5) is 2.49. The maximum absolute atomic E-state index is 7.48. The van der Waals surface area contributed by atoms with Gasteiger partial charge in [-0.15, -0.1) is 0 Å². The highest BCUT2D eigenvalue weighted by atomic mass is 16.5. The van der Waals surface area contributed by atoms with Crippen LogP contribution in [0.5, 0.6) is 11.5 Å². The molecule has 0 N–H and O–H groups in total. The van der Waals surface area contributed by atoms with E-state index in [9.17, 15) is 0 Å². The van der Waals surface area contributed by atoms with Crippen molar-refractivity contribution in [3.8, 4) is 44.9 Å². The molecule has 0 fully saturated rings. The van der Waals surface area contributed by atoms with E-state index in [4.69, 9.17) is 4.74 Å². The van der Waals surface area contributed by atoms with Crippen LogP contribution in [0.2, 0.25) is 0 Å². The minimum Gasteiger partial charge on any atom is -0.457 e. The maximum Gasteiger partial charge on any atom is 0.241 e. The molecule has 83 heavy (non-hydrogen) atoms. The Balaban J connectivity index is 0.969. The van der Waals surface area contributed by atoms with Crippen molar-refractivity contribution in [2.45, 2.75) is 43.9 Å². The van der Waals surface area contributed by atoms with Crippen molar-refractivity contribution in [3.63, 3.8) is 0 Å². The third-order valence-electron chi connectivity index (χ3n) is 19.1. The van der Waals surface area contributed by atoms with Gasteiger partial charge in [-0.3, -0.25) is 0 Å². The summed E-state index contributed by atoms with van der Waals surface area (Å²) < 4.78 is 7.48. The summed E-state index contributed by atoms with van der Waals surface area (Å²) >= 11 is 0. The number of rotatable bonds is 8. The van der Waals surface area contributed by atoms with Crippen molar-refractivity contribution in [2.24, 2.45) is 0 Å². The highest BCUT2D eigenvalue weighted by Gasteiger charge is 2.52. The molecule has 0 bridgehead atoms. The Labute approximate surface area is 488 Å². The minimum atomic E-state index is -0.854. The first-order valence-corrected chi connectivity index (χ1v) is 29.4. The molecule has 392 valence electrons. The molecule has 4 heteroatoms. The van der Waals surface area contributed by atoms with Crippen molar-refractivity contribution in [1.82, 2.24) is 0 Å². The van der Waals surface area contributed by atoms with Gasteiger partial charge in [0.1, 0.15) is 11.5 Å². The fraction of sp³-hybridized carbons (Fsp3) is 0.0886. The molecule has 0 radical (unpaired) electrons. The van der Waals surface area contributed by atoms with Crippen LogP contribution in [0, 0.1) is 0 Å². The van der Waals surface area contributed by atoms with E-state index in [0.29, 0.717) is 0 Å². The Morgan fingerprint density at radius 2 is 0.687 bits per heavy atom. The van der Waals surface area contributed by atoms with E-state index in [1.807, 2.05) is 0 Å². The Hall–Kier alpha value is -9.63. The number of anilines is 3. The number of nitrogens with zero attached hydrogens (tertiary/aromatic N) is 1. The average Bonchev–Trinajstić information content (AvgIpc) is 4.02. The number of hydrogen-bond donors (Lipinski definition) is 0. The highest BCUT2D eigenvalue weighted by molar-refractivity contribution is 6.96. The van der Waals surface area contributed by atoms with Gasteiger partial charge in [0.2, 0.25) is 13.4 Å². The molecule has 4 aliphatic rings. The smallest absolute Gasteiger partial charge is 0.241 e. The topological polar surface area (TPSA) is 12.5 Å². The molecule has 0 saturated heterocycles. The lowest BCUT2D eigenvalue weighted by atomic mass is 9.35. The van der Waals surface area contributed by atoms with E-state index in [1.165, 1.54) is 99.5 Å². The molecule has 12 aromatic rings. The highest BCUT2D eigenvalue weighted by Crippen LogP contribution is 2.63. The molecule has 2 heterocycles. The molecule has 0 amide bonds. The minimum absolute atomic E-state index is 0.0985. The zero-order chi connectivity index (χ0) is 55.6. The molecule has 2 nitrogen and oxygen atoms in total. The van der Waals surface area contributed by atoms with Crippen molar-refractivity contribution >= 4 is 63.3 Å². The number of ether oxygens (including phenoxy) is 1. The predicted octanol–water partition coefficient (Wildman–Crippen LogP) is 15.3. The summed E-state index contributed by atoms with van der Waals surface area (Å²) in [6.45, 7) is 9.46. The van der Waals surface area contributed by atoms with Crippen molar-refractivity contribution in [2.75, 3.05) is 4.90 Å². The predicted molar refractivity (Wildman–Crippen MR) is 349 cm³/mol. The van der Waals surface area contributed by atoms with Crippen molar-refractivity contribution in [1.29, 1.82) is 0 Å². The monoisotopic (exact) mass is 1060 g/mol. The quantitative estimate of drug-likeness (QED) is 0.141. The van der Waals surface area contributed by atoms with Gasteiger partial charge in [-0.05, 0) is 103 Å². The Kier molecular flexibility index (Phi) is 11.1. The van der Waals surface area contributed by atoms with E-state index in [1.54, 1.807) is 0 Å². The van der Waals surface area contributed by atoms with Crippen molar-refractivity contribution in [3.05, 3.63) is 330 Å². The molecule has 2 aliphatic heterocycles. The standard InChI is InChI=1S/C79H59B2NO/c1-77(2)63-34-16-14-30-59(63)61-32-22-38-69(75(61)77)80(54-26-10-6-11-27-54)56-44-48-73-67(50-56)79(65-36-18-20-40-71(65)82(72-41-21-19-37-66(72)79)58-46-42-53(43-47-58)52-24-8-5-9-25-52)68-51-57(45-49-74(68)83-73)81(55-28-12-7-13-29-55)70-39-23-33-62-60-31-15-17-35-64(60)78(3,4)76(62)70/h5-51H,1-4H3. The first kappa shape index (κ1) is 49.2. The molecular formula is C79H59B2NO. The van der Waals surface area contributed by atoms with Gasteiger partial charge < -0.3 is 9.64 Å². The van der Waals surface area contributed by atoms with E-state index >= 15 is 0 Å². The lowest BCUT2D eigenvalue weighted by Gasteiger charge is -2.49. The summed E-state index contributed by atoms with van der Waals surface area (Å²) in [5, 5.41) is 0. The molecule has 1 spiro atoms. The third-order valence-corrected chi connectivity index (χ3v) is 19.1. The first-order chi connectivity index (χ1) is 40.7. The van der Waals surface area contributed by atoms with E-state index < -0.39 is 5.41 Å². The number of para-hydroxylation sites is 2. The van der Waals surface area contributed by atoms with E-state index in [0.717, 1.165) is 39.7 Å². The molecule has 0 atom stereocenters. The van der Waals surface area contributed by atoms with Gasteiger partial charge in [-0.2, -0.15) is 0 Å². The number of hydrogen-bond acceptors (Lipinski definition) is 2. The van der Waals surface area contributed by atoms with Crippen LogP contribution in [0.3, 0.4) is 0 Å². The summed E-state index contributed by atoms with van der Waals surface area (Å²) in [6, 6.07) is 107. The van der Waals surface area contributed by atoms with Crippen LogP contribution in [0.1, 0.15) is 72.2 Å². The largest absolute Gasteiger partial charge is 0.457 e. The Morgan fingerprint density at radius 3 is 1.16 bits per heavy atom. The van der Waals surface area contributed by atoms with Gasteiger partial charge in [0.15, 0.2) is 0 Å². The molecular weight excluding hydrogens is 1000 g/mol. The Bertz CT molecular complexity index is 4300. The number of fused-ring (bicyclic) bond motifs is 14. The van der Waals surface area contributed by atoms with Crippen molar-refractivity contribution < 1.29 is 4.74 Å². The average molecular weight is 1060 g/mol.